The standard InChI is InChI=1S/C22H19N3O/c1-3-17-10-18-7-8-19(11-20(18)25-21(17)26)22(2,14-24)12-15-5-4-6-16(9-15)13-23/h4-11H,3,12H2,1-2H3,(H,25,26)/t22-/m1/s1. The number of nitriles is 2. The van der Waals surface area contributed by atoms with Gasteiger partial charge in [0, 0.05) is 11.1 Å². The number of hydrogen-bond donors (Lipinski definition) is 1. The van der Waals surface area contributed by atoms with Gasteiger partial charge in [0.1, 0.15) is 0 Å². The molecule has 0 unspecified atom stereocenters. The van der Waals surface area contributed by atoms with Crippen molar-refractivity contribution < 1.29 is 0 Å². The van der Waals surface area contributed by atoms with Gasteiger partial charge in [0.2, 0.25) is 0 Å². The largest absolute Gasteiger partial charge is 0.322 e. The van der Waals surface area contributed by atoms with Crippen LogP contribution >= 0.6 is 0 Å². The van der Waals surface area contributed by atoms with E-state index < -0.39 is 5.41 Å². The third-order valence-electron chi connectivity index (χ3n) is 4.80. The Morgan fingerprint density at radius 2 is 1.92 bits per heavy atom. The van der Waals surface area contributed by atoms with Crippen molar-refractivity contribution in [3.05, 3.63) is 81.1 Å². The predicted molar refractivity (Wildman–Crippen MR) is 102 cm³/mol. The number of nitrogens with one attached hydrogen (secondary N) is 1. The summed E-state index contributed by atoms with van der Waals surface area (Å²) < 4.78 is 0. The monoisotopic (exact) mass is 341 g/mol. The maximum absolute atomic E-state index is 12.1. The number of nitrogens with zero attached hydrogens (tertiary/aromatic N) is 2. The molecule has 3 rings (SSSR count). The Labute approximate surface area is 152 Å². The molecule has 26 heavy (non-hydrogen) atoms. The van der Waals surface area contributed by atoms with E-state index >= 15 is 0 Å². The molecule has 1 N–H and O–H groups in total. The van der Waals surface area contributed by atoms with E-state index in [1.54, 1.807) is 6.07 Å². The summed E-state index contributed by atoms with van der Waals surface area (Å²) in [6.45, 7) is 3.83. The van der Waals surface area contributed by atoms with Gasteiger partial charge in [0.15, 0.2) is 0 Å². The highest BCUT2D eigenvalue weighted by molar-refractivity contribution is 5.80. The van der Waals surface area contributed by atoms with Crippen LogP contribution in [0.5, 0.6) is 0 Å². The number of aryl methyl sites for hydroxylation is 1. The molecule has 0 fully saturated rings. The summed E-state index contributed by atoms with van der Waals surface area (Å²) in [6.07, 6.45) is 1.17. The number of aromatic nitrogens is 1. The van der Waals surface area contributed by atoms with Gasteiger partial charge in [0.05, 0.1) is 23.1 Å². The zero-order chi connectivity index (χ0) is 18.7. The molecule has 3 aromatic rings. The van der Waals surface area contributed by atoms with Gasteiger partial charge in [-0.15, -0.1) is 0 Å². The topological polar surface area (TPSA) is 80.4 Å². The molecule has 0 saturated heterocycles. The molecule has 2 aromatic carbocycles. The third kappa shape index (κ3) is 3.23. The Morgan fingerprint density at radius 1 is 1.12 bits per heavy atom. The molecule has 0 saturated carbocycles. The number of H-pyrrole nitrogens is 1. The molecule has 0 bridgehead atoms. The fourth-order valence-electron chi connectivity index (χ4n) is 3.22. The van der Waals surface area contributed by atoms with Crippen LogP contribution in [-0.2, 0) is 18.3 Å². The summed E-state index contributed by atoms with van der Waals surface area (Å²) in [4.78, 5) is 15.0. The Hall–Kier alpha value is -3.37. The summed E-state index contributed by atoms with van der Waals surface area (Å²) in [7, 11) is 0. The molecule has 4 nitrogen and oxygen atoms in total. The Kier molecular flexibility index (Phi) is 4.61. The molecular weight excluding hydrogens is 322 g/mol. The highest BCUT2D eigenvalue weighted by Gasteiger charge is 2.27. The van der Waals surface area contributed by atoms with Crippen LogP contribution in [0.1, 0.15) is 36.1 Å². The first-order valence-corrected chi connectivity index (χ1v) is 8.56. The number of aromatic amines is 1. The summed E-state index contributed by atoms with van der Waals surface area (Å²) in [5, 5.41) is 19.9. The fraction of sp³-hybridized carbons (Fsp3) is 0.227. The third-order valence-corrected chi connectivity index (χ3v) is 4.80. The van der Waals surface area contributed by atoms with Crippen LogP contribution in [0.2, 0.25) is 0 Å². The van der Waals surface area contributed by atoms with Crippen LogP contribution < -0.4 is 5.56 Å². The number of pyridine rings is 1. The van der Waals surface area contributed by atoms with Crippen molar-refractivity contribution >= 4 is 10.9 Å². The summed E-state index contributed by atoms with van der Waals surface area (Å²) >= 11 is 0. The van der Waals surface area contributed by atoms with E-state index in [1.807, 2.05) is 56.3 Å². The minimum absolute atomic E-state index is 0.0856. The van der Waals surface area contributed by atoms with Crippen LogP contribution in [0, 0.1) is 22.7 Å². The van der Waals surface area contributed by atoms with Crippen LogP contribution in [0.25, 0.3) is 10.9 Å². The smallest absolute Gasteiger partial charge is 0.251 e. The number of rotatable bonds is 4. The maximum Gasteiger partial charge on any atom is 0.251 e. The minimum atomic E-state index is -0.761. The van der Waals surface area contributed by atoms with Crippen molar-refractivity contribution in [2.45, 2.75) is 32.1 Å². The lowest BCUT2D eigenvalue weighted by molar-refractivity contribution is 0.607. The molecule has 0 radical (unpaired) electrons. The van der Waals surface area contributed by atoms with Crippen LogP contribution in [0.15, 0.2) is 53.3 Å². The average molecular weight is 341 g/mol. The van der Waals surface area contributed by atoms with Crippen molar-refractivity contribution in [2.75, 3.05) is 0 Å². The number of fused-ring (bicyclic) bond motifs is 1. The molecule has 1 heterocycles. The molecule has 0 spiro atoms. The zero-order valence-corrected chi connectivity index (χ0v) is 14.8. The first-order valence-electron chi connectivity index (χ1n) is 8.56. The minimum Gasteiger partial charge on any atom is -0.322 e. The average Bonchev–Trinajstić information content (AvgIpc) is 2.67. The molecule has 1 atom stereocenters. The SMILES string of the molecule is CCc1cc2ccc([C@@](C)(C#N)Cc3cccc(C#N)c3)cc2[nH]c1=O. The van der Waals surface area contributed by atoms with Crippen molar-refractivity contribution in [1.82, 2.24) is 4.98 Å². The second-order valence-electron chi connectivity index (χ2n) is 6.71. The second-order valence-corrected chi connectivity index (χ2v) is 6.71. The summed E-state index contributed by atoms with van der Waals surface area (Å²) in [6, 6.07) is 19.5. The Bertz CT molecular complexity index is 1110. The van der Waals surface area contributed by atoms with E-state index in [-0.39, 0.29) is 5.56 Å². The van der Waals surface area contributed by atoms with Crippen molar-refractivity contribution in [1.29, 1.82) is 10.5 Å². The van der Waals surface area contributed by atoms with E-state index in [0.29, 0.717) is 18.4 Å². The predicted octanol–water partition coefficient (Wildman–Crippen LogP) is 3.99. The highest BCUT2D eigenvalue weighted by Crippen LogP contribution is 2.30. The van der Waals surface area contributed by atoms with Crippen molar-refractivity contribution in [3.8, 4) is 12.1 Å². The molecule has 128 valence electrons. The van der Waals surface area contributed by atoms with Gasteiger partial charge in [-0.2, -0.15) is 10.5 Å². The van der Waals surface area contributed by atoms with Crippen LogP contribution in [-0.4, -0.2) is 4.98 Å². The van der Waals surface area contributed by atoms with E-state index in [4.69, 9.17) is 5.26 Å². The molecule has 4 heteroatoms. The van der Waals surface area contributed by atoms with Gasteiger partial charge in [0.25, 0.3) is 5.56 Å². The maximum atomic E-state index is 12.1. The Morgan fingerprint density at radius 3 is 2.62 bits per heavy atom. The van der Waals surface area contributed by atoms with Crippen LogP contribution in [0.4, 0.5) is 0 Å². The number of hydrogen-bond acceptors (Lipinski definition) is 3. The summed E-state index contributed by atoms with van der Waals surface area (Å²) in [5.74, 6) is 0. The second kappa shape index (κ2) is 6.86. The lowest BCUT2D eigenvalue weighted by Gasteiger charge is -2.23. The summed E-state index contributed by atoms with van der Waals surface area (Å²) in [5.41, 5.74) is 2.99. The van der Waals surface area contributed by atoms with Gasteiger partial charge >= 0.3 is 0 Å². The first-order chi connectivity index (χ1) is 12.5. The molecule has 0 aliphatic carbocycles. The fourth-order valence-corrected chi connectivity index (χ4v) is 3.22. The van der Waals surface area contributed by atoms with Crippen molar-refractivity contribution in [2.24, 2.45) is 0 Å². The van der Waals surface area contributed by atoms with Gasteiger partial charge in [-0.25, -0.2) is 0 Å². The highest BCUT2D eigenvalue weighted by atomic mass is 16.1. The molecular formula is C22H19N3O. The van der Waals surface area contributed by atoms with Crippen molar-refractivity contribution in [3.63, 3.8) is 0 Å². The van der Waals surface area contributed by atoms with E-state index in [2.05, 4.69) is 17.1 Å². The zero-order valence-electron chi connectivity index (χ0n) is 14.8. The molecule has 1 aromatic heterocycles. The molecule has 0 amide bonds. The van der Waals surface area contributed by atoms with Gasteiger partial charge in [-0.3, -0.25) is 4.79 Å². The Balaban J connectivity index is 2.05. The van der Waals surface area contributed by atoms with Gasteiger partial charge < -0.3 is 4.98 Å². The first kappa shape index (κ1) is 17.5. The van der Waals surface area contributed by atoms with E-state index in [0.717, 1.165) is 27.6 Å². The normalized spacial score (nSPS) is 12.9. The van der Waals surface area contributed by atoms with Crippen LogP contribution in [0.3, 0.4) is 0 Å². The van der Waals surface area contributed by atoms with Gasteiger partial charge in [-0.05, 0) is 60.5 Å². The lowest BCUT2D eigenvalue weighted by Crippen LogP contribution is -2.23. The number of benzene rings is 2. The molecule has 0 aliphatic rings. The van der Waals surface area contributed by atoms with E-state index in [9.17, 15) is 10.1 Å². The van der Waals surface area contributed by atoms with E-state index in [1.165, 1.54) is 0 Å². The molecule has 0 aliphatic heterocycles. The van der Waals surface area contributed by atoms with Gasteiger partial charge in [-0.1, -0.05) is 31.2 Å². The lowest BCUT2D eigenvalue weighted by atomic mass is 9.78. The quantitative estimate of drug-likeness (QED) is 0.779.